The van der Waals surface area contributed by atoms with E-state index in [9.17, 15) is 5.11 Å². The Morgan fingerprint density at radius 1 is 1.14 bits per heavy atom. The molecule has 0 unspecified atom stereocenters. The van der Waals surface area contributed by atoms with E-state index in [4.69, 9.17) is 4.74 Å². The zero-order chi connectivity index (χ0) is 9.97. The van der Waals surface area contributed by atoms with Crippen LogP contribution in [0.3, 0.4) is 0 Å². The van der Waals surface area contributed by atoms with Gasteiger partial charge in [0.05, 0.1) is 12.2 Å². The molecule has 14 heavy (non-hydrogen) atoms. The van der Waals surface area contributed by atoms with Gasteiger partial charge in [0.25, 0.3) is 0 Å². The Hall–Kier alpha value is -1.12. The lowest BCUT2D eigenvalue weighted by molar-refractivity contribution is -0.0469. The molecule has 0 bridgehead atoms. The molecule has 0 amide bonds. The molecule has 2 rings (SSSR count). The standard InChI is InChI=1S/C12H14O2/c1-9-11(13)7-8-12(14-9)10-5-3-2-4-6-10/h2-9,11-13H,1H3/t9-,11+,12+/m0/s1. The second-order valence-corrected chi connectivity index (χ2v) is 3.55. The van der Waals surface area contributed by atoms with Crippen LogP contribution in [0.2, 0.25) is 0 Å². The monoisotopic (exact) mass is 190 g/mol. The third kappa shape index (κ3) is 1.86. The van der Waals surface area contributed by atoms with Gasteiger partial charge >= 0.3 is 0 Å². The number of hydrogen-bond donors (Lipinski definition) is 1. The van der Waals surface area contributed by atoms with Gasteiger partial charge in [-0.3, -0.25) is 0 Å². The van der Waals surface area contributed by atoms with Crippen LogP contribution >= 0.6 is 0 Å². The van der Waals surface area contributed by atoms with Gasteiger partial charge in [0.15, 0.2) is 0 Å². The Morgan fingerprint density at radius 2 is 1.86 bits per heavy atom. The summed E-state index contributed by atoms with van der Waals surface area (Å²) in [5.41, 5.74) is 1.13. The van der Waals surface area contributed by atoms with Crippen LogP contribution in [-0.2, 0) is 4.74 Å². The van der Waals surface area contributed by atoms with E-state index in [2.05, 4.69) is 0 Å². The van der Waals surface area contributed by atoms with Crippen LogP contribution in [0.5, 0.6) is 0 Å². The van der Waals surface area contributed by atoms with E-state index in [1.807, 2.05) is 43.3 Å². The summed E-state index contributed by atoms with van der Waals surface area (Å²) in [5.74, 6) is 0. The first-order valence-electron chi connectivity index (χ1n) is 4.84. The first-order valence-corrected chi connectivity index (χ1v) is 4.84. The Kier molecular flexibility index (Phi) is 2.66. The van der Waals surface area contributed by atoms with Gasteiger partial charge in [-0.2, -0.15) is 0 Å². The molecule has 0 fully saturated rings. The molecule has 1 aromatic rings. The zero-order valence-corrected chi connectivity index (χ0v) is 8.13. The van der Waals surface area contributed by atoms with E-state index in [-0.39, 0.29) is 12.2 Å². The molecule has 1 aromatic carbocycles. The molecule has 1 N–H and O–H groups in total. The van der Waals surface area contributed by atoms with Gasteiger partial charge in [0.2, 0.25) is 0 Å². The van der Waals surface area contributed by atoms with E-state index in [1.165, 1.54) is 0 Å². The molecular weight excluding hydrogens is 176 g/mol. The number of benzene rings is 1. The summed E-state index contributed by atoms with van der Waals surface area (Å²) in [5, 5.41) is 9.43. The van der Waals surface area contributed by atoms with E-state index in [0.29, 0.717) is 0 Å². The molecule has 0 aromatic heterocycles. The molecule has 2 heteroatoms. The summed E-state index contributed by atoms with van der Waals surface area (Å²) in [6.45, 7) is 1.88. The second-order valence-electron chi connectivity index (χ2n) is 3.55. The number of hydrogen-bond acceptors (Lipinski definition) is 2. The predicted octanol–water partition coefficient (Wildman–Crippen LogP) is 2.06. The van der Waals surface area contributed by atoms with Crippen molar-refractivity contribution in [3.8, 4) is 0 Å². The first kappa shape index (κ1) is 9.44. The Labute approximate surface area is 83.8 Å². The van der Waals surface area contributed by atoms with E-state index in [0.717, 1.165) is 5.56 Å². The molecule has 1 aliphatic heterocycles. The van der Waals surface area contributed by atoms with Crippen molar-refractivity contribution in [2.75, 3.05) is 0 Å². The van der Waals surface area contributed by atoms with Gasteiger partial charge in [-0.1, -0.05) is 42.5 Å². The summed E-state index contributed by atoms with van der Waals surface area (Å²) in [6.07, 6.45) is 3.07. The smallest absolute Gasteiger partial charge is 0.101 e. The van der Waals surface area contributed by atoms with E-state index < -0.39 is 6.10 Å². The lowest BCUT2D eigenvalue weighted by atomic mass is 10.0. The highest BCUT2D eigenvalue weighted by atomic mass is 16.5. The molecule has 2 nitrogen and oxygen atoms in total. The van der Waals surface area contributed by atoms with Crippen molar-refractivity contribution >= 4 is 0 Å². The molecule has 0 saturated carbocycles. The van der Waals surface area contributed by atoms with Crippen LogP contribution in [0.25, 0.3) is 0 Å². The van der Waals surface area contributed by atoms with Crippen molar-refractivity contribution in [1.29, 1.82) is 0 Å². The highest BCUT2D eigenvalue weighted by Crippen LogP contribution is 2.25. The normalized spacial score (nSPS) is 31.7. The molecule has 0 aliphatic carbocycles. The largest absolute Gasteiger partial charge is 0.386 e. The second kappa shape index (κ2) is 3.95. The third-order valence-corrected chi connectivity index (χ3v) is 2.45. The fraction of sp³-hybridized carbons (Fsp3) is 0.333. The van der Waals surface area contributed by atoms with Crippen molar-refractivity contribution in [3.05, 3.63) is 48.0 Å². The van der Waals surface area contributed by atoms with Crippen molar-refractivity contribution in [2.24, 2.45) is 0 Å². The van der Waals surface area contributed by atoms with Crippen LogP contribution in [0.1, 0.15) is 18.6 Å². The minimum atomic E-state index is -0.477. The molecule has 74 valence electrons. The molecule has 0 saturated heterocycles. The van der Waals surface area contributed by atoms with Gasteiger partial charge in [-0.25, -0.2) is 0 Å². The Bertz CT molecular complexity index is 318. The van der Waals surface area contributed by atoms with Crippen LogP contribution in [0, 0.1) is 0 Å². The zero-order valence-electron chi connectivity index (χ0n) is 8.13. The average molecular weight is 190 g/mol. The van der Waals surface area contributed by atoms with Crippen LogP contribution < -0.4 is 0 Å². The fourth-order valence-corrected chi connectivity index (χ4v) is 1.56. The van der Waals surface area contributed by atoms with Crippen molar-refractivity contribution < 1.29 is 9.84 Å². The maximum absolute atomic E-state index is 9.43. The maximum Gasteiger partial charge on any atom is 0.101 e. The quantitative estimate of drug-likeness (QED) is 0.687. The fourth-order valence-electron chi connectivity index (χ4n) is 1.56. The van der Waals surface area contributed by atoms with Gasteiger partial charge < -0.3 is 9.84 Å². The third-order valence-electron chi connectivity index (χ3n) is 2.45. The molecule has 3 atom stereocenters. The lowest BCUT2D eigenvalue weighted by Crippen LogP contribution is -2.29. The summed E-state index contributed by atoms with van der Waals surface area (Å²) in [6, 6.07) is 10.0. The number of rotatable bonds is 1. The minimum Gasteiger partial charge on any atom is -0.386 e. The summed E-state index contributed by atoms with van der Waals surface area (Å²) >= 11 is 0. The first-order chi connectivity index (χ1) is 6.77. The van der Waals surface area contributed by atoms with Gasteiger partial charge in [-0.15, -0.1) is 0 Å². The summed E-state index contributed by atoms with van der Waals surface area (Å²) in [4.78, 5) is 0. The molecule has 1 aliphatic rings. The van der Waals surface area contributed by atoms with E-state index in [1.54, 1.807) is 6.08 Å². The number of aliphatic hydroxyl groups is 1. The van der Waals surface area contributed by atoms with Gasteiger partial charge in [-0.05, 0) is 12.5 Å². The van der Waals surface area contributed by atoms with Crippen molar-refractivity contribution in [1.82, 2.24) is 0 Å². The van der Waals surface area contributed by atoms with Crippen molar-refractivity contribution in [2.45, 2.75) is 25.2 Å². The summed E-state index contributed by atoms with van der Waals surface area (Å²) < 4.78 is 5.65. The van der Waals surface area contributed by atoms with Crippen LogP contribution in [0.4, 0.5) is 0 Å². The van der Waals surface area contributed by atoms with Gasteiger partial charge in [0, 0.05) is 0 Å². The molecular formula is C12H14O2. The SMILES string of the molecule is C[C@@H]1O[C@@H](c2ccccc2)C=C[C@H]1O. The predicted molar refractivity (Wildman–Crippen MR) is 54.9 cm³/mol. The number of aliphatic hydroxyl groups excluding tert-OH is 1. The topological polar surface area (TPSA) is 29.5 Å². The highest BCUT2D eigenvalue weighted by Gasteiger charge is 2.22. The van der Waals surface area contributed by atoms with Crippen LogP contribution in [-0.4, -0.2) is 17.3 Å². The minimum absolute atomic E-state index is 0.0189. The van der Waals surface area contributed by atoms with Crippen molar-refractivity contribution in [3.63, 3.8) is 0 Å². The molecule has 1 heterocycles. The average Bonchev–Trinajstić information content (AvgIpc) is 2.23. The molecule has 0 radical (unpaired) electrons. The van der Waals surface area contributed by atoms with Crippen LogP contribution in [0.15, 0.2) is 42.5 Å². The maximum atomic E-state index is 9.43. The molecule has 0 spiro atoms. The highest BCUT2D eigenvalue weighted by molar-refractivity contribution is 5.23. The lowest BCUT2D eigenvalue weighted by Gasteiger charge is -2.27. The number of ether oxygens (including phenoxy) is 1. The summed E-state index contributed by atoms with van der Waals surface area (Å²) in [7, 11) is 0. The Balaban J connectivity index is 2.18. The van der Waals surface area contributed by atoms with Gasteiger partial charge in [0.1, 0.15) is 6.10 Å². The Morgan fingerprint density at radius 3 is 2.50 bits per heavy atom. The van der Waals surface area contributed by atoms with E-state index >= 15 is 0 Å².